The number of carbonyl (C=O) groups excluding carboxylic acids is 3. The second kappa shape index (κ2) is 9.35. The van der Waals surface area contributed by atoms with E-state index in [1.807, 2.05) is 31.2 Å². The summed E-state index contributed by atoms with van der Waals surface area (Å²) in [7, 11) is 0. The number of aryl methyl sites for hydroxylation is 1. The monoisotopic (exact) mass is 538 g/mol. The fourth-order valence-corrected chi connectivity index (χ4v) is 3.52. The Hall–Kier alpha value is -3.46. The zero-order valence-electron chi connectivity index (χ0n) is 17.2. The number of hydrogen-bond acceptors (Lipinski definition) is 4. The molecule has 4 rings (SSSR count). The fourth-order valence-electron chi connectivity index (χ4n) is 3.16. The highest BCUT2D eigenvalue weighted by atomic mass is 127. The van der Waals surface area contributed by atoms with Crippen molar-refractivity contribution >= 4 is 52.2 Å². The average molecular weight is 538 g/mol. The number of halogens is 1. The summed E-state index contributed by atoms with van der Waals surface area (Å²) >= 11 is 2.25. The molecule has 0 spiro atoms. The molecule has 1 N–H and O–H groups in total. The first-order chi connectivity index (χ1) is 15.4. The van der Waals surface area contributed by atoms with E-state index in [9.17, 15) is 14.4 Å². The maximum atomic E-state index is 12.9. The van der Waals surface area contributed by atoms with Crippen LogP contribution in [0.4, 0.5) is 10.5 Å². The predicted octanol–water partition coefficient (Wildman–Crippen LogP) is 4.85. The lowest BCUT2D eigenvalue weighted by atomic mass is 10.1. The van der Waals surface area contributed by atoms with Gasteiger partial charge in [0, 0.05) is 3.57 Å². The van der Waals surface area contributed by atoms with Crippen molar-refractivity contribution in [3.05, 3.63) is 98.6 Å². The molecule has 1 heterocycles. The SMILES string of the molecule is Cc1ccc(N2C(=O)NC(=O)/C(=C\c3ccc(OCc4ccc(I)cc4)cc3)C2=O)cc1. The molecule has 0 bridgehead atoms. The number of ether oxygens (including phenoxy) is 1. The molecule has 0 saturated carbocycles. The summed E-state index contributed by atoms with van der Waals surface area (Å²) in [5, 5.41) is 2.23. The molecule has 160 valence electrons. The Bertz CT molecular complexity index is 1200. The van der Waals surface area contributed by atoms with Crippen molar-refractivity contribution in [3.63, 3.8) is 0 Å². The van der Waals surface area contributed by atoms with Crippen LogP contribution in [0.25, 0.3) is 6.08 Å². The quantitative estimate of drug-likeness (QED) is 0.287. The fraction of sp³-hybridized carbons (Fsp3) is 0.0800. The summed E-state index contributed by atoms with van der Waals surface area (Å²) in [6, 6.07) is 21.3. The molecular formula is C25H19IN2O4. The number of amides is 4. The molecule has 1 fully saturated rings. The second-order valence-electron chi connectivity index (χ2n) is 7.28. The van der Waals surface area contributed by atoms with Crippen molar-refractivity contribution in [2.45, 2.75) is 13.5 Å². The van der Waals surface area contributed by atoms with Crippen molar-refractivity contribution in [2.75, 3.05) is 4.90 Å². The molecule has 7 heteroatoms. The first kappa shape index (κ1) is 21.8. The smallest absolute Gasteiger partial charge is 0.335 e. The van der Waals surface area contributed by atoms with Crippen molar-refractivity contribution in [1.29, 1.82) is 0 Å². The summed E-state index contributed by atoms with van der Waals surface area (Å²) in [5.74, 6) is -0.717. The van der Waals surface area contributed by atoms with Gasteiger partial charge in [0.25, 0.3) is 11.8 Å². The molecule has 1 aliphatic heterocycles. The van der Waals surface area contributed by atoms with E-state index in [-0.39, 0.29) is 5.57 Å². The van der Waals surface area contributed by atoms with Crippen LogP contribution in [0.5, 0.6) is 5.75 Å². The van der Waals surface area contributed by atoms with Gasteiger partial charge in [0.2, 0.25) is 0 Å². The second-order valence-corrected chi connectivity index (χ2v) is 8.52. The van der Waals surface area contributed by atoms with Crippen LogP contribution in [-0.4, -0.2) is 17.8 Å². The number of rotatable bonds is 5. The van der Waals surface area contributed by atoms with Gasteiger partial charge in [-0.05, 0) is 83.1 Å². The predicted molar refractivity (Wildman–Crippen MR) is 130 cm³/mol. The lowest BCUT2D eigenvalue weighted by Crippen LogP contribution is -2.54. The average Bonchev–Trinajstić information content (AvgIpc) is 2.78. The minimum absolute atomic E-state index is 0.113. The van der Waals surface area contributed by atoms with Crippen molar-refractivity contribution in [2.24, 2.45) is 0 Å². The van der Waals surface area contributed by atoms with Crippen LogP contribution >= 0.6 is 22.6 Å². The van der Waals surface area contributed by atoms with E-state index in [1.165, 1.54) is 6.08 Å². The number of carbonyl (C=O) groups is 3. The van der Waals surface area contributed by atoms with Crippen molar-refractivity contribution in [1.82, 2.24) is 5.32 Å². The Kier molecular flexibility index (Phi) is 6.36. The van der Waals surface area contributed by atoms with E-state index < -0.39 is 17.8 Å². The number of barbiturate groups is 1. The molecule has 0 aromatic heterocycles. The van der Waals surface area contributed by atoms with Gasteiger partial charge in [-0.3, -0.25) is 14.9 Å². The number of imide groups is 2. The van der Waals surface area contributed by atoms with Gasteiger partial charge >= 0.3 is 6.03 Å². The summed E-state index contributed by atoms with van der Waals surface area (Å²) < 4.78 is 6.96. The van der Waals surface area contributed by atoms with Gasteiger partial charge in [-0.2, -0.15) is 0 Å². The van der Waals surface area contributed by atoms with Gasteiger partial charge in [0.1, 0.15) is 17.9 Å². The third kappa shape index (κ3) is 4.88. The Morgan fingerprint density at radius 2 is 1.56 bits per heavy atom. The number of nitrogens with zero attached hydrogens (tertiary/aromatic N) is 1. The minimum Gasteiger partial charge on any atom is -0.489 e. The zero-order valence-corrected chi connectivity index (χ0v) is 19.3. The Morgan fingerprint density at radius 1 is 0.906 bits per heavy atom. The van der Waals surface area contributed by atoms with Gasteiger partial charge in [-0.25, -0.2) is 9.69 Å². The lowest BCUT2D eigenvalue weighted by molar-refractivity contribution is -0.122. The van der Waals surface area contributed by atoms with E-state index in [4.69, 9.17) is 4.74 Å². The third-order valence-corrected chi connectivity index (χ3v) is 5.62. The number of anilines is 1. The molecule has 0 radical (unpaired) electrons. The van der Waals surface area contributed by atoms with E-state index in [1.54, 1.807) is 48.5 Å². The number of nitrogens with one attached hydrogen (secondary N) is 1. The zero-order chi connectivity index (χ0) is 22.7. The first-order valence-corrected chi connectivity index (χ1v) is 10.9. The molecule has 0 aliphatic carbocycles. The molecule has 0 atom stereocenters. The first-order valence-electron chi connectivity index (χ1n) is 9.86. The van der Waals surface area contributed by atoms with Gasteiger partial charge in [0.15, 0.2) is 0 Å². The van der Waals surface area contributed by atoms with Gasteiger partial charge in [0.05, 0.1) is 5.69 Å². The Labute approximate surface area is 199 Å². The van der Waals surface area contributed by atoms with Crippen LogP contribution in [-0.2, 0) is 16.2 Å². The molecule has 4 amide bonds. The maximum absolute atomic E-state index is 12.9. The lowest BCUT2D eigenvalue weighted by Gasteiger charge is -2.26. The van der Waals surface area contributed by atoms with Crippen LogP contribution < -0.4 is 15.0 Å². The van der Waals surface area contributed by atoms with Crippen LogP contribution in [0.1, 0.15) is 16.7 Å². The largest absolute Gasteiger partial charge is 0.489 e. The molecule has 0 unspecified atom stereocenters. The summed E-state index contributed by atoms with van der Waals surface area (Å²) in [4.78, 5) is 38.5. The van der Waals surface area contributed by atoms with E-state index in [2.05, 4.69) is 27.9 Å². The van der Waals surface area contributed by atoms with Crippen LogP contribution in [0.2, 0.25) is 0 Å². The summed E-state index contributed by atoms with van der Waals surface area (Å²) in [5.41, 5.74) is 2.98. The highest BCUT2D eigenvalue weighted by Gasteiger charge is 2.36. The van der Waals surface area contributed by atoms with Crippen LogP contribution in [0.15, 0.2) is 78.4 Å². The number of benzene rings is 3. The van der Waals surface area contributed by atoms with Gasteiger partial charge < -0.3 is 4.74 Å². The topological polar surface area (TPSA) is 75.7 Å². The molecular weight excluding hydrogens is 519 g/mol. The minimum atomic E-state index is -0.764. The molecule has 1 aliphatic rings. The van der Waals surface area contributed by atoms with Crippen LogP contribution in [0, 0.1) is 10.5 Å². The number of urea groups is 1. The highest BCUT2D eigenvalue weighted by Crippen LogP contribution is 2.23. The standard InChI is InChI=1S/C25H19IN2O4/c1-16-2-10-20(11-3-16)28-24(30)22(23(29)27-25(28)31)14-17-6-12-21(13-7-17)32-15-18-4-8-19(26)9-5-18/h2-14H,15H2,1H3,(H,27,29,31)/b22-14+. The van der Waals surface area contributed by atoms with E-state index in [0.717, 1.165) is 19.6 Å². The highest BCUT2D eigenvalue weighted by molar-refractivity contribution is 14.1. The molecule has 1 saturated heterocycles. The Morgan fingerprint density at radius 3 is 2.22 bits per heavy atom. The third-order valence-electron chi connectivity index (χ3n) is 4.90. The molecule has 3 aromatic rings. The Balaban J connectivity index is 1.50. The summed E-state index contributed by atoms with van der Waals surface area (Å²) in [6.45, 7) is 2.34. The van der Waals surface area contributed by atoms with E-state index >= 15 is 0 Å². The van der Waals surface area contributed by atoms with Gasteiger partial charge in [-0.15, -0.1) is 0 Å². The molecule has 32 heavy (non-hydrogen) atoms. The molecule has 3 aromatic carbocycles. The van der Waals surface area contributed by atoms with Crippen molar-refractivity contribution in [3.8, 4) is 5.75 Å². The van der Waals surface area contributed by atoms with Crippen molar-refractivity contribution < 1.29 is 19.1 Å². The van der Waals surface area contributed by atoms with E-state index in [0.29, 0.717) is 23.6 Å². The van der Waals surface area contributed by atoms with Gasteiger partial charge in [-0.1, -0.05) is 42.0 Å². The maximum Gasteiger partial charge on any atom is 0.335 e. The number of hydrogen-bond donors (Lipinski definition) is 1. The normalized spacial score (nSPS) is 15.1. The summed E-state index contributed by atoms with van der Waals surface area (Å²) in [6.07, 6.45) is 1.47. The molecule has 6 nitrogen and oxygen atoms in total. The van der Waals surface area contributed by atoms with Crippen LogP contribution in [0.3, 0.4) is 0 Å².